The second-order valence-electron chi connectivity index (χ2n) is 5.93. The zero-order valence-corrected chi connectivity index (χ0v) is 14.7. The van der Waals surface area contributed by atoms with Crippen LogP contribution < -0.4 is 5.32 Å². The van der Waals surface area contributed by atoms with E-state index in [4.69, 9.17) is 0 Å². The Labute approximate surface area is 136 Å². The molecule has 1 N–H and O–H groups in total. The van der Waals surface area contributed by atoms with Crippen molar-refractivity contribution in [1.82, 2.24) is 4.98 Å². The van der Waals surface area contributed by atoms with Gasteiger partial charge in [0.25, 0.3) is 0 Å². The van der Waals surface area contributed by atoms with E-state index >= 15 is 0 Å². The fourth-order valence-corrected chi connectivity index (χ4v) is 2.86. The van der Waals surface area contributed by atoms with Gasteiger partial charge in [-0.1, -0.05) is 52.0 Å². The molecule has 0 aliphatic heterocycles. The van der Waals surface area contributed by atoms with E-state index in [0.717, 1.165) is 16.8 Å². The van der Waals surface area contributed by atoms with Gasteiger partial charge in [0.1, 0.15) is 4.60 Å². The smallest absolute Gasteiger partial charge is 0.106 e. The van der Waals surface area contributed by atoms with Gasteiger partial charge in [0.2, 0.25) is 0 Å². The molecule has 2 nitrogen and oxygen atoms in total. The average molecular weight is 347 g/mol. The third-order valence-electron chi connectivity index (χ3n) is 3.59. The largest absolute Gasteiger partial charge is 0.379 e. The summed E-state index contributed by atoms with van der Waals surface area (Å²) in [6.07, 6.45) is 0. The molecule has 0 bridgehead atoms. The Morgan fingerprint density at radius 2 is 1.52 bits per heavy atom. The van der Waals surface area contributed by atoms with Crippen LogP contribution in [0.1, 0.15) is 56.4 Å². The molecule has 0 spiro atoms. The fourth-order valence-electron chi connectivity index (χ4n) is 2.48. The van der Waals surface area contributed by atoms with Gasteiger partial charge in [0.05, 0.1) is 12.2 Å². The van der Waals surface area contributed by atoms with Crippen molar-refractivity contribution in [3.05, 3.63) is 57.8 Å². The van der Waals surface area contributed by atoms with Gasteiger partial charge in [0.15, 0.2) is 0 Å². The number of para-hydroxylation sites is 1. The summed E-state index contributed by atoms with van der Waals surface area (Å²) in [4.78, 5) is 4.49. The number of nitrogens with zero attached hydrogens (tertiary/aromatic N) is 1. The maximum absolute atomic E-state index is 4.49. The van der Waals surface area contributed by atoms with Crippen LogP contribution in [0.3, 0.4) is 0 Å². The minimum absolute atomic E-state index is 0.502. The number of aromatic nitrogens is 1. The highest BCUT2D eigenvalue weighted by Crippen LogP contribution is 2.32. The third kappa shape index (κ3) is 4.07. The van der Waals surface area contributed by atoms with Gasteiger partial charge >= 0.3 is 0 Å². The molecule has 2 aromatic rings. The first kappa shape index (κ1) is 16.0. The van der Waals surface area contributed by atoms with E-state index in [9.17, 15) is 0 Å². The molecular weight excluding hydrogens is 324 g/mol. The lowest BCUT2D eigenvalue weighted by Gasteiger charge is -2.20. The van der Waals surface area contributed by atoms with Gasteiger partial charge in [-0.3, -0.25) is 0 Å². The predicted molar refractivity (Wildman–Crippen MR) is 93.9 cm³/mol. The lowest BCUT2D eigenvalue weighted by Crippen LogP contribution is -2.08. The number of hydrogen-bond donors (Lipinski definition) is 1. The standard InChI is InChI=1S/C18H23BrN2/c1-12(2)15-8-6-9-16(13(3)4)18(15)20-11-14-7-5-10-17(19)21-14/h5-10,12-13,20H,11H2,1-4H3. The maximum Gasteiger partial charge on any atom is 0.106 e. The summed E-state index contributed by atoms with van der Waals surface area (Å²) in [5.74, 6) is 1.00. The first-order chi connectivity index (χ1) is 9.99. The monoisotopic (exact) mass is 346 g/mol. The molecule has 1 heterocycles. The number of benzene rings is 1. The molecule has 0 amide bonds. The highest BCUT2D eigenvalue weighted by molar-refractivity contribution is 9.10. The molecule has 2 rings (SSSR count). The lowest BCUT2D eigenvalue weighted by atomic mass is 9.92. The molecule has 1 aromatic carbocycles. The third-order valence-corrected chi connectivity index (χ3v) is 4.03. The second kappa shape index (κ2) is 7.08. The van der Waals surface area contributed by atoms with Crippen molar-refractivity contribution in [2.24, 2.45) is 0 Å². The highest BCUT2D eigenvalue weighted by Gasteiger charge is 2.13. The Morgan fingerprint density at radius 1 is 0.952 bits per heavy atom. The van der Waals surface area contributed by atoms with Crippen LogP contribution in [-0.2, 0) is 6.54 Å². The Hall–Kier alpha value is -1.35. The molecule has 112 valence electrons. The molecule has 0 radical (unpaired) electrons. The van der Waals surface area contributed by atoms with E-state index in [0.29, 0.717) is 11.8 Å². The van der Waals surface area contributed by atoms with Crippen LogP contribution in [0.15, 0.2) is 41.0 Å². The first-order valence-corrected chi connectivity index (χ1v) is 8.26. The SMILES string of the molecule is CC(C)c1cccc(C(C)C)c1NCc1cccc(Br)n1. The zero-order chi connectivity index (χ0) is 15.4. The number of rotatable bonds is 5. The maximum atomic E-state index is 4.49. The van der Waals surface area contributed by atoms with Crippen LogP contribution in [0.4, 0.5) is 5.69 Å². The van der Waals surface area contributed by atoms with Crippen LogP contribution in [0.2, 0.25) is 0 Å². The van der Waals surface area contributed by atoms with Gasteiger partial charge in [-0.2, -0.15) is 0 Å². The zero-order valence-electron chi connectivity index (χ0n) is 13.2. The minimum Gasteiger partial charge on any atom is -0.379 e. The van der Waals surface area contributed by atoms with Crippen LogP contribution in [0, 0.1) is 0 Å². The topological polar surface area (TPSA) is 24.9 Å². The van der Waals surface area contributed by atoms with Gasteiger partial charge in [-0.05, 0) is 51.0 Å². The summed E-state index contributed by atoms with van der Waals surface area (Å²) >= 11 is 3.42. The normalized spacial score (nSPS) is 11.2. The van der Waals surface area contributed by atoms with Crippen molar-refractivity contribution in [3.8, 4) is 0 Å². The van der Waals surface area contributed by atoms with Crippen molar-refractivity contribution in [2.45, 2.75) is 46.1 Å². The Bertz CT molecular complexity index is 580. The van der Waals surface area contributed by atoms with Crippen molar-refractivity contribution in [1.29, 1.82) is 0 Å². The molecule has 21 heavy (non-hydrogen) atoms. The van der Waals surface area contributed by atoms with E-state index in [1.807, 2.05) is 18.2 Å². The van der Waals surface area contributed by atoms with Crippen molar-refractivity contribution in [3.63, 3.8) is 0 Å². The van der Waals surface area contributed by atoms with Crippen LogP contribution in [0.5, 0.6) is 0 Å². The molecule has 0 atom stereocenters. The highest BCUT2D eigenvalue weighted by atomic mass is 79.9. The van der Waals surface area contributed by atoms with E-state index in [1.54, 1.807) is 0 Å². The van der Waals surface area contributed by atoms with Gasteiger partial charge < -0.3 is 5.32 Å². The second-order valence-corrected chi connectivity index (χ2v) is 6.74. The number of halogens is 1. The molecular formula is C18H23BrN2. The van der Waals surface area contributed by atoms with E-state index < -0.39 is 0 Å². The molecule has 0 aliphatic carbocycles. The van der Waals surface area contributed by atoms with Gasteiger partial charge in [-0.25, -0.2) is 4.98 Å². The van der Waals surface area contributed by atoms with Crippen LogP contribution in [-0.4, -0.2) is 4.98 Å². The molecule has 0 saturated carbocycles. The first-order valence-electron chi connectivity index (χ1n) is 7.47. The van der Waals surface area contributed by atoms with E-state index in [1.165, 1.54) is 16.8 Å². The summed E-state index contributed by atoms with van der Waals surface area (Å²) in [6.45, 7) is 9.69. The number of pyridine rings is 1. The van der Waals surface area contributed by atoms with Crippen LogP contribution >= 0.6 is 15.9 Å². The average Bonchev–Trinajstić information content (AvgIpc) is 2.44. The van der Waals surface area contributed by atoms with Crippen molar-refractivity contribution < 1.29 is 0 Å². The van der Waals surface area contributed by atoms with Gasteiger partial charge in [-0.15, -0.1) is 0 Å². The van der Waals surface area contributed by atoms with E-state index in [-0.39, 0.29) is 0 Å². The summed E-state index contributed by atoms with van der Waals surface area (Å²) in [6, 6.07) is 12.6. The predicted octanol–water partition coefficient (Wildman–Crippen LogP) is 5.70. The fraction of sp³-hybridized carbons (Fsp3) is 0.389. The van der Waals surface area contributed by atoms with E-state index in [2.05, 4.69) is 72.1 Å². The summed E-state index contributed by atoms with van der Waals surface area (Å²) in [7, 11) is 0. The summed E-state index contributed by atoms with van der Waals surface area (Å²) in [5.41, 5.74) is 5.05. The van der Waals surface area contributed by atoms with Crippen molar-refractivity contribution in [2.75, 3.05) is 5.32 Å². The lowest BCUT2D eigenvalue weighted by molar-refractivity contribution is 0.831. The molecule has 0 fully saturated rings. The summed E-state index contributed by atoms with van der Waals surface area (Å²) < 4.78 is 0.878. The molecule has 0 saturated heterocycles. The van der Waals surface area contributed by atoms with Crippen LogP contribution in [0.25, 0.3) is 0 Å². The molecule has 0 unspecified atom stereocenters. The number of nitrogens with one attached hydrogen (secondary N) is 1. The molecule has 0 aliphatic rings. The number of anilines is 1. The summed E-state index contributed by atoms with van der Waals surface area (Å²) in [5, 5.41) is 3.60. The Balaban J connectivity index is 2.29. The molecule has 1 aromatic heterocycles. The van der Waals surface area contributed by atoms with Gasteiger partial charge in [0, 0.05) is 5.69 Å². The molecule has 3 heteroatoms. The number of hydrogen-bond acceptors (Lipinski definition) is 2. The van der Waals surface area contributed by atoms with Crippen molar-refractivity contribution >= 4 is 21.6 Å². The minimum atomic E-state index is 0.502. The quantitative estimate of drug-likeness (QED) is 0.702. The Morgan fingerprint density at radius 3 is 2.05 bits per heavy atom. The Kier molecular flexibility index (Phi) is 5.40.